The Hall–Kier alpha value is -1.38. The molecule has 0 spiro atoms. The first-order valence-corrected chi connectivity index (χ1v) is 6.42. The molecule has 0 aliphatic heterocycles. The van der Waals surface area contributed by atoms with E-state index in [1.165, 1.54) is 17.2 Å². The van der Waals surface area contributed by atoms with Crippen molar-refractivity contribution in [2.75, 3.05) is 0 Å². The largest absolute Gasteiger partial charge is 0.364 e. The quantitative estimate of drug-likeness (QED) is 0.880. The SMILES string of the molecule is Cn1cnc(S(=O)(=O)NCc2ccon2)c1Cl. The topological polar surface area (TPSA) is 90.0 Å². The molecule has 0 atom stereocenters. The van der Waals surface area contributed by atoms with Crippen molar-refractivity contribution in [3.05, 3.63) is 29.5 Å². The molecule has 0 unspecified atom stereocenters. The smallest absolute Gasteiger partial charge is 0.261 e. The molecule has 0 saturated carbocycles. The van der Waals surface area contributed by atoms with Crippen LogP contribution in [0.3, 0.4) is 0 Å². The van der Waals surface area contributed by atoms with Gasteiger partial charge in [-0.05, 0) is 0 Å². The summed E-state index contributed by atoms with van der Waals surface area (Å²) in [6.45, 7) is 0.0196. The number of hydrogen-bond donors (Lipinski definition) is 1. The van der Waals surface area contributed by atoms with Crippen molar-refractivity contribution in [3.63, 3.8) is 0 Å². The van der Waals surface area contributed by atoms with Gasteiger partial charge in [0.1, 0.15) is 11.4 Å². The molecule has 0 bridgehead atoms. The molecular formula is C8H9ClN4O3S. The van der Waals surface area contributed by atoms with Crippen molar-refractivity contribution in [1.29, 1.82) is 0 Å². The molecule has 0 aliphatic carbocycles. The number of aryl methyl sites for hydroxylation is 1. The van der Waals surface area contributed by atoms with Crippen LogP contribution >= 0.6 is 11.6 Å². The fourth-order valence-electron chi connectivity index (χ4n) is 1.14. The summed E-state index contributed by atoms with van der Waals surface area (Å²) >= 11 is 5.80. The molecule has 0 saturated heterocycles. The standard InChI is InChI=1S/C8H9ClN4O3S/c1-13-5-10-8(7(13)9)17(14,15)11-4-6-2-3-16-12-6/h2-3,5,11H,4H2,1H3. The Morgan fingerprint density at radius 2 is 2.35 bits per heavy atom. The van der Waals surface area contributed by atoms with Gasteiger partial charge in [-0.1, -0.05) is 16.8 Å². The average molecular weight is 277 g/mol. The number of halogens is 1. The molecule has 0 fully saturated rings. The molecule has 2 aromatic heterocycles. The summed E-state index contributed by atoms with van der Waals surface area (Å²) in [5.74, 6) is 0. The van der Waals surface area contributed by atoms with Crippen LogP contribution in [0.5, 0.6) is 0 Å². The van der Waals surface area contributed by atoms with E-state index in [9.17, 15) is 8.42 Å². The molecule has 92 valence electrons. The third-order valence-corrected chi connectivity index (χ3v) is 3.91. The van der Waals surface area contributed by atoms with Crippen molar-refractivity contribution >= 4 is 21.6 Å². The van der Waals surface area contributed by atoms with E-state index in [-0.39, 0.29) is 16.7 Å². The van der Waals surface area contributed by atoms with E-state index in [1.54, 1.807) is 13.1 Å². The van der Waals surface area contributed by atoms with E-state index in [4.69, 9.17) is 11.6 Å². The van der Waals surface area contributed by atoms with Gasteiger partial charge in [-0.15, -0.1) is 0 Å². The first kappa shape index (κ1) is 12.1. The summed E-state index contributed by atoms with van der Waals surface area (Å²) < 4.78 is 32.0. The second-order valence-corrected chi connectivity index (χ2v) is 5.31. The molecule has 0 aliphatic rings. The number of imidazole rings is 1. The predicted octanol–water partition coefficient (Wildman–Crippen LogP) is 0.540. The van der Waals surface area contributed by atoms with E-state index < -0.39 is 10.0 Å². The lowest BCUT2D eigenvalue weighted by atomic mass is 10.5. The van der Waals surface area contributed by atoms with Crippen LogP contribution in [-0.2, 0) is 23.6 Å². The van der Waals surface area contributed by atoms with Gasteiger partial charge >= 0.3 is 0 Å². The first-order valence-electron chi connectivity index (χ1n) is 4.56. The Bertz CT molecular complexity index is 605. The summed E-state index contributed by atoms with van der Waals surface area (Å²) in [5.41, 5.74) is 0.473. The lowest BCUT2D eigenvalue weighted by molar-refractivity contribution is 0.411. The van der Waals surface area contributed by atoms with Gasteiger partial charge in [-0.3, -0.25) is 0 Å². The Morgan fingerprint density at radius 3 is 2.88 bits per heavy atom. The first-order chi connectivity index (χ1) is 8.00. The van der Waals surface area contributed by atoms with Gasteiger partial charge in [-0.2, -0.15) is 0 Å². The normalized spacial score (nSPS) is 11.9. The van der Waals surface area contributed by atoms with Crippen LogP contribution in [-0.4, -0.2) is 23.1 Å². The third-order valence-electron chi connectivity index (χ3n) is 2.02. The highest BCUT2D eigenvalue weighted by Crippen LogP contribution is 2.18. The lowest BCUT2D eigenvalue weighted by Gasteiger charge is -2.02. The van der Waals surface area contributed by atoms with Crippen molar-refractivity contribution in [1.82, 2.24) is 19.4 Å². The zero-order chi connectivity index (χ0) is 12.5. The maximum atomic E-state index is 11.8. The van der Waals surface area contributed by atoms with Crippen molar-refractivity contribution < 1.29 is 12.9 Å². The molecule has 9 heteroatoms. The lowest BCUT2D eigenvalue weighted by Crippen LogP contribution is -2.24. The van der Waals surface area contributed by atoms with Gasteiger partial charge < -0.3 is 9.09 Å². The summed E-state index contributed by atoms with van der Waals surface area (Å²) in [5, 5.41) is 3.43. The molecule has 2 heterocycles. The van der Waals surface area contributed by atoms with Crippen LogP contribution in [0.4, 0.5) is 0 Å². The fourth-order valence-corrected chi connectivity index (χ4v) is 2.56. The van der Waals surface area contributed by atoms with Crippen LogP contribution in [0.15, 0.2) is 28.2 Å². The van der Waals surface area contributed by atoms with E-state index in [0.717, 1.165) is 0 Å². The van der Waals surface area contributed by atoms with Gasteiger partial charge in [0.15, 0.2) is 0 Å². The molecule has 0 amide bonds. The maximum Gasteiger partial charge on any atom is 0.261 e. The van der Waals surface area contributed by atoms with Crippen LogP contribution in [0.25, 0.3) is 0 Å². The zero-order valence-electron chi connectivity index (χ0n) is 8.79. The molecular weight excluding hydrogens is 268 g/mol. The van der Waals surface area contributed by atoms with Crippen LogP contribution < -0.4 is 4.72 Å². The number of rotatable bonds is 4. The Balaban J connectivity index is 2.17. The second kappa shape index (κ2) is 4.47. The van der Waals surface area contributed by atoms with Crippen LogP contribution in [0.2, 0.25) is 5.15 Å². The van der Waals surface area contributed by atoms with Gasteiger partial charge in [-0.25, -0.2) is 18.1 Å². The number of nitrogens with one attached hydrogen (secondary N) is 1. The number of aromatic nitrogens is 3. The zero-order valence-corrected chi connectivity index (χ0v) is 10.4. The Kier molecular flexibility index (Phi) is 3.18. The molecule has 2 rings (SSSR count). The van der Waals surface area contributed by atoms with Gasteiger partial charge in [0, 0.05) is 13.1 Å². The summed E-state index contributed by atoms with van der Waals surface area (Å²) in [6.07, 6.45) is 2.68. The minimum absolute atomic E-state index is 0.0196. The summed E-state index contributed by atoms with van der Waals surface area (Å²) in [4.78, 5) is 3.72. The van der Waals surface area contributed by atoms with Gasteiger partial charge in [0.2, 0.25) is 5.03 Å². The molecule has 0 aromatic carbocycles. The fraction of sp³-hybridized carbons (Fsp3) is 0.250. The number of hydrogen-bond acceptors (Lipinski definition) is 5. The van der Waals surface area contributed by atoms with E-state index >= 15 is 0 Å². The minimum atomic E-state index is -3.74. The van der Waals surface area contributed by atoms with Crippen molar-refractivity contribution in [2.24, 2.45) is 7.05 Å². The Labute approximate surface area is 102 Å². The monoisotopic (exact) mass is 276 g/mol. The molecule has 2 aromatic rings. The summed E-state index contributed by atoms with van der Waals surface area (Å²) in [7, 11) is -2.14. The highest BCUT2D eigenvalue weighted by Gasteiger charge is 2.22. The van der Waals surface area contributed by atoms with E-state index in [1.807, 2.05) is 0 Å². The predicted molar refractivity (Wildman–Crippen MR) is 58.7 cm³/mol. The number of nitrogens with zero attached hydrogens (tertiary/aromatic N) is 3. The minimum Gasteiger partial charge on any atom is -0.364 e. The van der Waals surface area contributed by atoms with Crippen molar-refractivity contribution in [2.45, 2.75) is 11.6 Å². The molecule has 17 heavy (non-hydrogen) atoms. The second-order valence-electron chi connectivity index (χ2n) is 3.27. The highest BCUT2D eigenvalue weighted by atomic mass is 35.5. The Morgan fingerprint density at radius 1 is 1.59 bits per heavy atom. The van der Waals surface area contributed by atoms with Gasteiger partial charge in [0.05, 0.1) is 18.6 Å². The maximum absolute atomic E-state index is 11.8. The summed E-state index contributed by atoms with van der Waals surface area (Å²) in [6, 6.07) is 1.56. The van der Waals surface area contributed by atoms with E-state index in [0.29, 0.717) is 5.69 Å². The third kappa shape index (κ3) is 2.48. The average Bonchev–Trinajstić information content (AvgIpc) is 2.88. The number of sulfonamides is 1. The van der Waals surface area contributed by atoms with Gasteiger partial charge in [0.25, 0.3) is 10.0 Å². The van der Waals surface area contributed by atoms with Crippen LogP contribution in [0, 0.1) is 0 Å². The van der Waals surface area contributed by atoms with Crippen molar-refractivity contribution in [3.8, 4) is 0 Å². The van der Waals surface area contributed by atoms with E-state index in [2.05, 4.69) is 19.4 Å². The highest BCUT2D eigenvalue weighted by molar-refractivity contribution is 7.89. The van der Waals surface area contributed by atoms with Crippen LogP contribution in [0.1, 0.15) is 5.69 Å². The molecule has 1 N–H and O–H groups in total. The molecule has 0 radical (unpaired) electrons. The molecule has 7 nitrogen and oxygen atoms in total.